The molecule has 0 radical (unpaired) electrons. The average molecular weight is 401 g/mol. The molecule has 148 valence electrons. The Hall–Kier alpha value is -2.94. The van der Waals surface area contributed by atoms with Crippen molar-refractivity contribution in [3.63, 3.8) is 0 Å². The number of amides is 4. The third-order valence-corrected chi connectivity index (χ3v) is 5.56. The van der Waals surface area contributed by atoms with Crippen LogP contribution >= 0.6 is 11.3 Å². The summed E-state index contributed by atoms with van der Waals surface area (Å²) >= 11 is 1.16. The molecule has 2 N–H and O–H groups in total. The predicted molar refractivity (Wildman–Crippen MR) is 109 cm³/mol. The zero-order valence-corrected chi connectivity index (χ0v) is 16.9. The summed E-state index contributed by atoms with van der Waals surface area (Å²) in [7, 11) is 0. The van der Waals surface area contributed by atoms with Gasteiger partial charge in [0, 0.05) is 38.8 Å². The maximum Gasteiger partial charge on any atom is 0.325 e. The Balaban J connectivity index is 1.62. The highest BCUT2D eigenvalue weighted by Crippen LogP contribution is 2.25. The fraction of sp³-hybridized carbons (Fsp3) is 0.368. The average Bonchev–Trinajstić information content (AvgIpc) is 3.01. The van der Waals surface area contributed by atoms with Gasteiger partial charge in [-0.15, -0.1) is 0 Å². The monoisotopic (exact) mass is 401 g/mol. The quantitative estimate of drug-likeness (QED) is 0.827. The molecule has 8 nitrogen and oxygen atoms in total. The number of hydrogen-bond donors (Lipinski definition) is 2. The lowest BCUT2D eigenvalue weighted by atomic mass is 10.2. The summed E-state index contributed by atoms with van der Waals surface area (Å²) in [6.45, 7) is 7.27. The number of thiazole rings is 1. The molecule has 0 aliphatic carbocycles. The second-order valence-corrected chi connectivity index (χ2v) is 7.68. The van der Waals surface area contributed by atoms with Crippen LogP contribution in [0.25, 0.3) is 0 Å². The highest BCUT2D eigenvalue weighted by atomic mass is 32.1. The van der Waals surface area contributed by atoms with E-state index in [1.807, 2.05) is 25.1 Å². The molecular formula is C19H23N5O3S. The summed E-state index contributed by atoms with van der Waals surface area (Å²) in [5.74, 6) is -0.0995. The van der Waals surface area contributed by atoms with Gasteiger partial charge in [-0.25, -0.2) is 9.78 Å². The van der Waals surface area contributed by atoms with Gasteiger partial charge >= 0.3 is 6.03 Å². The van der Waals surface area contributed by atoms with Gasteiger partial charge in [0.1, 0.15) is 4.88 Å². The maximum absolute atomic E-state index is 12.8. The first-order chi connectivity index (χ1) is 13.3. The number of carbonyl (C=O) groups excluding carboxylic acids is 3. The van der Waals surface area contributed by atoms with Crippen molar-refractivity contribution in [2.75, 3.05) is 36.8 Å². The van der Waals surface area contributed by atoms with Crippen molar-refractivity contribution >= 4 is 40.0 Å². The predicted octanol–water partition coefficient (Wildman–Crippen LogP) is 2.71. The number of nitrogens with zero attached hydrogens (tertiary/aromatic N) is 3. The molecule has 1 fully saturated rings. The molecule has 0 bridgehead atoms. The first-order valence-corrected chi connectivity index (χ1v) is 9.82. The summed E-state index contributed by atoms with van der Waals surface area (Å²) in [6, 6.07) is 7.06. The largest absolute Gasteiger partial charge is 0.339 e. The lowest BCUT2D eigenvalue weighted by Gasteiger charge is -2.34. The maximum atomic E-state index is 12.8. The first-order valence-electron chi connectivity index (χ1n) is 9.00. The molecule has 4 amide bonds. The Morgan fingerprint density at radius 3 is 2.36 bits per heavy atom. The molecule has 1 aromatic heterocycles. The minimum absolute atomic E-state index is 0.0205. The number of piperazine rings is 1. The summed E-state index contributed by atoms with van der Waals surface area (Å²) in [5.41, 5.74) is 2.31. The van der Waals surface area contributed by atoms with Crippen LogP contribution in [0.15, 0.2) is 24.3 Å². The summed E-state index contributed by atoms with van der Waals surface area (Å²) in [6.07, 6.45) is 0. The van der Waals surface area contributed by atoms with Gasteiger partial charge in [0.25, 0.3) is 5.91 Å². The van der Waals surface area contributed by atoms with Crippen LogP contribution in [0.1, 0.15) is 27.9 Å². The van der Waals surface area contributed by atoms with Gasteiger partial charge in [0.05, 0.1) is 5.69 Å². The first kappa shape index (κ1) is 19.8. The van der Waals surface area contributed by atoms with Crippen molar-refractivity contribution < 1.29 is 14.4 Å². The Labute approximate surface area is 167 Å². The van der Waals surface area contributed by atoms with E-state index in [2.05, 4.69) is 15.6 Å². The number of carbonyl (C=O) groups is 3. The van der Waals surface area contributed by atoms with E-state index < -0.39 is 6.03 Å². The van der Waals surface area contributed by atoms with Crippen LogP contribution < -0.4 is 10.6 Å². The Bertz CT molecular complexity index is 903. The zero-order valence-electron chi connectivity index (χ0n) is 16.1. The van der Waals surface area contributed by atoms with Crippen LogP contribution in [0, 0.1) is 13.8 Å². The fourth-order valence-electron chi connectivity index (χ4n) is 3.00. The number of hydrogen-bond acceptors (Lipinski definition) is 5. The molecule has 0 atom stereocenters. The normalized spacial score (nSPS) is 14.0. The molecule has 0 saturated carbocycles. The van der Waals surface area contributed by atoms with Gasteiger partial charge in [-0.05, 0) is 31.5 Å². The molecular weight excluding hydrogens is 378 g/mol. The van der Waals surface area contributed by atoms with Gasteiger partial charge in [-0.1, -0.05) is 23.5 Å². The highest BCUT2D eigenvalue weighted by molar-refractivity contribution is 7.17. The molecule has 1 aliphatic rings. The number of aryl methyl sites for hydroxylation is 2. The third kappa shape index (κ3) is 4.66. The Morgan fingerprint density at radius 2 is 1.71 bits per heavy atom. The number of anilines is 2. The number of urea groups is 1. The molecule has 2 heterocycles. The minimum atomic E-state index is -0.409. The fourth-order valence-corrected chi connectivity index (χ4v) is 3.93. The van der Waals surface area contributed by atoms with Crippen LogP contribution in [-0.4, -0.2) is 58.8 Å². The summed E-state index contributed by atoms with van der Waals surface area (Å²) < 4.78 is 0. The van der Waals surface area contributed by atoms with Crippen molar-refractivity contribution in [1.29, 1.82) is 0 Å². The van der Waals surface area contributed by atoms with Crippen molar-refractivity contribution in [3.8, 4) is 0 Å². The van der Waals surface area contributed by atoms with Crippen LogP contribution in [0.2, 0.25) is 0 Å². The molecule has 1 aliphatic heterocycles. The molecule has 3 rings (SSSR count). The molecule has 2 aromatic rings. The van der Waals surface area contributed by atoms with E-state index in [0.717, 1.165) is 16.9 Å². The lowest BCUT2D eigenvalue weighted by Crippen LogP contribution is -2.50. The van der Waals surface area contributed by atoms with Gasteiger partial charge in [0.15, 0.2) is 5.13 Å². The molecule has 1 saturated heterocycles. The Morgan fingerprint density at radius 1 is 1.04 bits per heavy atom. The SMILES string of the molecule is CC(=O)N1CCN(C(=O)c2sc(NC(=O)Nc3cccc(C)c3)nc2C)CC1. The summed E-state index contributed by atoms with van der Waals surface area (Å²) in [5, 5.41) is 5.81. The van der Waals surface area contributed by atoms with Gasteiger partial charge in [-0.2, -0.15) is 0 Å². The second-order valence-electron chi connectivity index (χ2n) is 6.68. The Kier molecular flexibility index (Phi) is 5.93. The summed E-state index contributed by atoms with van der Waals surface area (Å²) in [4.78, 5) is 44.7. The molecule has 0 spiro atoms. The van der Waals surface area contributed by atoms with Gasteiger partial charge in [0.2, 0.25) is 5.91 Å². The van der Waals surface area contributed by atoms with E-state index in [1.165, 1.54) is 6.92 Å². The molecule has 0 unspecified atom stereocenters. The second kappa shape index (κ2) is 8.39. The number of nitrogens with one attached hydrogen (secondary N) is 2. The molecule has 28 heavy (non-hydrogen) atoms. The molecule has 1 aromatic carbocycles. The topological polar surface area (TPSA) is 94.6 Å². The lowest BCUT2D eigenvalue weighted by molar-refractivity contribution is -0.130. The number of rotatable bonds is 3. The van der Waals surface area contributed by atoms with Gasteiger partial charge < -0.3 is 15.1 Å². The van der Waals surface area contributed by atoms with E-state index in [1.54, 1.807) is 22.8 Å². The van der Waals surface area contributed by atoms with Crippen LogP contribution in [0.4, 0.5) is 15.6 Å². The third-order valence-electron chi connectivity index (χ3n) is 4.50. The van der Waals surface area contributed by atoms with E-state index in [0.29, 0.717) is 47.6 Å². The van der Waals surface area contributed by atoms with E-state index in [9.17, 15) is 14.4 Å². The van der Waals surface area contributed by atoms with Crippen LogP contribution in [-0.2, 0) is 4.79 Å². The van der Waals surface area contributed by atoms with Crippen molar-refractivity contribution in [2.45, 2.75) is 20.8 Å². The van der Waals surface area contributed by atoms with Crippen molar-refractivity contribution in [1.82, 2.24) is 14.8 Å². The zero-order chi connectivity index (χ0) is 20.3. The van der Waals surface area contributed by atoms with E-state index >= 15 is 0 Å². The van der Waals surface area contributed by atoms with E-state index in [-0.39, 0.29) is 11.8 Å². The van der Waals surface area contributed by atoms with E-state index in [4.69, 9.17) is 0 Å². The smallest absolute Gasteiger partial charge is 0.325 e. The number of aromatic nitrogens is 1. The molecule has 9 heteroatoms. The van der Waals surface area contributed by atoms with Gasteiger partial charge in [-0.3, -0.25) is 14.9 Å². The highest BCUT2D eigenvalue weighted by Gasteiger charge is 2.26. The van der Waals surface area contributed by atoms with Crippen molar-refractivity contribution in [2.24, 2.45) is 0 Å². The van der Waals surface area contributed by atoms with Crippen LogP contribution in [0.3, 0.4) is 0 Å². The standard InChI is InChI=1S/C19H23N5O3S/c1-12-5-4-6-15(11-12)21-18(27)22-19-20-13(2)16(28-19)17(26)24-9-7-23(8-10-24)14(3)25/h4-6,11H,7-10H2,1-3H3,(H2,20,21,22,27). The van der Waals surface area contributed by atoms with Crippen molar-refractivity contribution in [3.05, 3.63) is 40.4 Å². The minimum Gasteiger partial charge on any atom is -0.339 e. The van der Waals surface area contributed by atoms with Crippen LogP contribution in [0.5, 0.6) is 0 Å². The number of benzene rings is 1.